The monoisotopic (exact) mass is 540 g/mol. The fraction of sp³-hybridized carbons (Fsp3) is 0.789. The lowest BCUT2D eigenvalue weighted by molar-refractivity contribution is 0.306. The van der Waals surface area contributed by atoms with E-state index in [-0.39, 0.29) is 35.8 Å². The van der Waals surface area contributed by atoms with Crippen LogP contribution in [0.25, 0.3) is 0 Å². The topological polar surface area (TPSA) is 91.6 Å². The minimum atomic E-state index is -3.10. The molecule has 0 atom stereocenters. The molecule has 2 heterocycles. The van der Waals surface area contributed by atoms with Gasteiger partial charge in [0, 0.05) is 44.6 Å². The molecule has 0 unspecified atom stereocenters. The molecule has 0 saturated carbocycles. The molecule has 0 amide bonds. The van der Waals surface area contributed by atoms with Crippen molar-refractivity contribution in [1.82, 2.24) is 24.5 Å². The number of guanidine groups is 1. The number of nitrogens with zero attached hydrogens (tertiary/aromatic N) is 4. The molecule has 29 heavy (non-hydrogen) atoms. The van der Waals surface area contributed by atoms with Crippen LogP contribution in [-0.4, -0.2) is 59.7 Å². The number of rotatable bonds is 9. The zero-order valence-electron chi connectivity index (χ0n) is 18.1. The molecular weight excluding hydrogens is 503 g/mol. The van der Waals surface area contributed by atoms with Crippen molar-refractivity contribution in [2.24, 2.45) is 10.9 Å². The Balaban J connectivity index is 0.00000420. The average Bonchev–Trinajstić information content (AvgIpc) is 3.06. The summed E-state index contributed by atoms with van der Waals surface area (Å²) in [6.07, 6.45) is 6.05. The minimum Gasteiger partial charge on any atom is -0.357 e. The highest BCUT2D eigenvalue weighted by Crippen LogP contribution is 2.15. The Bertz CT molecular complexity index is 727. The third-order valence-corrected chi connectivity index (χ3v) is 6.81. The van der Waals surface area contributed by atoms with Crippen LogP contribution in [0.1, 0.15) is 52.8 Å². The maximum absolute atomic E-state index is 12.2. The van der Waals surface area contributed by atoms with Crippen LogP contribution in [0.4, 0.5) is 0 Å². The molecule has 0 aromatic carbocycles. The molecule has 0 spiro atoms. The minimum absolute atomic E-state index is 0. The lowest BCUT2D eigenvalue weighted by Gasteiger charge is -2.32. The van der Waals surface area contributed by atoms with Gasteiger partial charge in [0.1, 0.15) is 12.4 Å². The Kier molecular flexibility index (Phi) is 11.5. The summed E-state index contributed by atoms with van der Waals surface area (Å²) in [5.74, 6) is 2.50. The predicted molar refractivity (Wildman–Crippen MR) is 129 cm³/mol. The highest BCUT2D eigenvalue weighted by Gasteiger charge is 2.27. The van der Waals surface area contributed by atoms with Crippen LogP contribution in [0.5, 0.6) is 0 Å². The van der Waals surface area contributed by atoms with E-state index in [0.717, 1.165) is 37.7 Å². The Morgan fingerprint density at radius 2 is 2.00 bits per heavy atom. The van der Waals surface area contributed by atoms with Crippen LogP contribution < -0.4 is 10.6 Å². The lowest BCUT2D eigenvalue weighted by atomic mass is 10.1. The van der Waals surface area contributed by atoms with E-state index in [1.165, 1.54) is 0 Å². The first-order chi connectivity index (χ1) is 13.4. The summed E-state index contributed by atoms with van der Waals surface area (Å²) in [6.45, 7) is 11.7. The number of halogens is 1. The van der Waals surface area contributed by atoms with E-state index in [9.17, 15) is 8.42 Å². The number of imidazole rings is 1. The summed E-state index contributed by atoms with van der Waals surface area (Å²) in [6, 6.07) is 0.223. The van der Waals surface area contributed by atoms with Crippen molar-refractivity contribution in [1.29, 1.82) is 0 Å². The van der Waals surface area contributed by atoms with Gasteiger partial charge in [0.25, 0.3) is 0 Å². The van der Waals surface area contributed by atoms with Gasteiger partial charge in [-0.3, -0.25) is 0 Å². The largest absolute Gasteiger partial charge is 0.357 e. The summed E-state index contributed by atoms with van der Waals surface area (Å²) >= 11 is 0. The summed E-state index contributed by atoms with van der Waals surface area (Å²) in [4.78, 5) is 9.12. The molecule has 1 fully saturated rings. The first-order valence-electron chi connectivity index (χ1n) is 10.4. The third-order valence-electron chi connectivity index (χ3n) is 4.74. The van der Waals surface area contributed by atoms with Crippen molar-refractivity contribution in [3.63, 3.8) is 0 Å². The maximum Gasteiger partial charge on any atom is 0.214 e. The van der Waals surface area contributed by atoms with E-state index in [0.29, 0.717) is 32.0 Å². The van der Waals surface area contributed by atoms with E-state index in [2.05, 4.69) is 34.0 Å². The van der Waals surface area contributed by atoms with E-state index in [1.54, 1.807) is 4.31 Å². The molecule has 1 aliphatic heterocycles. The van der Waals surface area contributed by atoms with Gasteiger partial charge in [-0.25, -0.2) is 22.7 Å². The van der Waals surface area contributed by atoms with Gasteiger partial charge < -0.3 is 15.2 Å². The molecular formula is C19H37IN6O2S. The van der Waals surface area contributed by atoms with Crippen molar-refractivity contribution >= 4 is 40.0 Å². The van der Waals surface area contributed by atoms with Crippen LogP contribution in [0, 0.1) is 5.92 Å². The van der Waals surface area contributed by atoms with Crippen LogP contribution in [0.2, 0.25) is 0 Å². The van der Waals surface area contributed by atoms with Gasteiger partial charge in [-0.15, -0.1) is 24.0 Å². The lowest BCUT2D eigenvalue weighted by Crippen LogP contribution is -2.50. The SMILES string of the molecule is CCCS(=O)(=O)N1CCC(NC(=NCc2nccn2CC(C)C)NCC)CC1.I. The van der Waals surface area contributed by atoms with Crippen molar-refractivity contribution in [2.45, 2.75) is 66.1 Å². The number of hydrogen-bond acceptors (Lipinski definition) is 4. The predicted octanol–water partition coefficient (Wildman–Crippen LogP) is 2.42. The number of hydrogen-bond donors (Lipinski definition) is 2. The van der Waals surface area contributed by atoms with Crippen LogP contribution in [-0.2, 0) is 23.1 Å². The zero-order valence-corrected chi connectivity index (χ0v) is 21.2. The number of aliphatic imine (C=N–C) groups is 1. The molecule has 2 rings (SSSR count). The molecule has 2 N–H and O–H groups in total. The summed E-state index contributed by atoms with van der Waals surface area (Å²) in [7, 11) is -3.10. The van der Waals surface area contributed by atoms with Crippen molar-refractivity contribution < 1.29 is 8.42 Å². The molecule has 1 aromatic heterocycles. The maximum atomic E-state index is 12.2. The fourth-order valence-corrected chi connectivity index (χ4v) is 4.92. The van der Waals surface area contributed by atoms with Gasteiger partial charge in [0.2, 0.25) is 10.0 Å². The standard InChI is InChI=1S/C19H36N6O2S.HI/c1-5-13-28(26,27)25-10-7-17(8-11-25)23-19(20-6-2)22-14-18-21-9-12-24(18)15-16(3)4;/h9,12,16-17H,5-8,10-11,13-15H2,1-4H3,(H2,20,22,23);1H. The van der Waals surface area contributed by atoms with Gasteiger partial charge in [-0.2, -0.15) is 0 Å². The smallest absolute Gasteiger partial charge is 0.214 e. The Labute approximate surface area is 193 Å². The van der Waals surface area contributed by atoms with Crippen LogP contribution in [0.15, 0.2) is 17.4 Å². The second kappa shape index (κ2) is 12.7. The Hall–Kier alpha value is -0.880. The molecule has 1 aliphatic rings. The van der Waals surface area contributed by atoms with Crippen molar-refractivity contribution in [3.05, 3.63) is 18.2 Å². The first kappa shape index (κ1) is 26.2. The summed E-state index contributed by atoms with van der Waals surface area (Å²) < 4.78 is 28.2. The normalized spacial score (nSPS) is 16.7. The quantitative estimate of drug-likeness (QED) is 0.285. The second-order valence-electron chi connectivity index (χ2n) is 7.72. The number of nitrogens with one attached hydrogen (secondary N) is 2. The molecule has 0 bridgehead atoms. The van der Waals surface area contributed by atoms with Crippen molar-refractivity contribution in [2.75, 3.05) is 25.4 Å². The third kappa shape index (κ3) is 8.41. The molecule has 168 valence electrons. The van der Waals surface area contributed by atoms with Crippen LogP contribution in [0.3, 0.4) is 0 Å². The molecule has 0 radical (unpaired) electrons. The molecule has 1 saturated heterocycles. The van der Waals surface area contributed by atoms with Crippen LogP contribution >= 0.6 is 24.0 Å². The van der Waals surface area contributed by atoms with Gasteiger partial charge in [0.15, 0.2) is 5.96 Å². The van der Waals surface area contributed by atoms with E-state index >= 15 is 0 Å². The van der Waals surface area contributed by atoms with E-state index < -0.39 is 10.0 Å². The number of aromatic nitrogens is 2. The summed E-state index contributed by atoms with van der Waals surface area (Å²) in [5.41, 5.74) is 0. The Morgan fingerprint density at radius 3 is 2.59 bits per heavy atom. The van der Waals surface area contributed by atoms with Gasteiger partial charge in [-0.05, 0) is 32.1 Å². The highest BCUT2D eigenvalue weighted by atomic mass is 127. The first-order valence-corrected chi connectivity index (χ1v) is 12.0. The van der Waals surface area contributed by atoms with Crippen molar-refractivity contribution in [3.8, 4) is 0 Å². The highest BCUT2D eigenvalue weighted by molar-refractivity contribution is 14.0. The average molecular weight is 541 g/mol. The fourth-order valence-electron chi connectivity index (χ4n) is 3.38. The molecule has 0 aliphatic carbocycles. The van der Waals surface area contributed by atoms with Gasteiger partial charge in [0.05, 0.1) is 5.75 Å². The molecule has 1 aromatic rings. The second-order valence-corrected chi connectivity index (χ2v) is 9.81. The Morgan fingerprint density at radius 1 is 1.31 bits per heavy atom. The molecule has 10 heteroatoms. The summed E-state index contributed by atoms with van der Waals surface area (Å²) in [5, 5.41) is 6.75. The van der Waals surface area contributed by atoms with Gasteiger partial charge in [-0.1, -0.05) is 20.8 Å². The number of piperidine rings is 1. The van der Waals surface area contributed by atoms with E-state index in [4.69, 9.17) is 4.99 Å². The van der Waals surface area contributed by atoms with E-state index in [1.807, 2.05) is 26.2 Å². The number of sulfonamides is 1. The molecule has 8 nitrogen and oxygen atoms in total. The van der Waals surface area contributed by atoms with Gasteiger partial charge >= 0.3 is 0 Å². The zero-order chi connectivity index (χ0) is 20.6.